The van der Waals surface area contributed by atoms with Gasteiger partial charge in [0.1, 0.15) is 11.3 Å². The van der Waals surface area contributed by atoms with Crippen LogP contribution in [0.2, 0.25) is 0 Å². The maximum absolute atomic E-state index is 12.2. The van der Waals surface area contributed by atoms with Gasteiger partial charge in [-0.05, 0) is 31.5 Å². The normalized spacial score (nSPS) is 12.1. The Balaban J connectivity index is 1.69. The highest BCUT2D eigenvalue weighted by Crippen LogP contribution is 2.16. The van der Waals surface area contributed by atoms with E-state index in [2.05, 4.69) is 15.5 Å². The summed E-state index contributed by atoms with van der Waals surface area (Å²) in [6, 6.07) is 6.31. The van der Waals surface area contributed by atoms with E-state index in [-0.39, 0.29) is 11.4 Å². The molecular weight excluding hydrogens is 314 g/mol. The van der Waals surface area contributed by atoms with E-state index >= 15 is 0 Å². The molecule has 0 aliphatic rings. The molecule has 3 aromatic rings. The van der Waals surface area contributed by atoms with E-state index in [0.717, 1.165) is 0 Å². The number of hydrogen-bond acceptors (Lipinski definition) is 7. The zero-order valence-electron chi connectivity index (χ0n) is 13.1. The molecule has 0 fully saturated rings. The molecule has 1 atom stereocenters. The van der Waals surface area contributed by atoms with Crippen LogP contribution >= 0.6 is 0 Å². The van der Waals surface area contributed by atoms with Crippen molar-refractivity contribution < 1.29 is 23.3 Å². The highest BCUT2D eigenvalue weighted by Gasteiger charge is 2.23. The summed E-state index contributed by atoms with van der Waals surface area (Å²) >= 11 is 0. The van der Waals surface area contributed by atoms with Gasteiger partial charge in [-0.25, -0.2) is 9.78 Å². The summed E-state index contributed by atoms with van der Waals surface area (Å²) in [5.41, 5.74) is 1.39. The van der Waals surface area contributed by atoms with Crippen LogP contribution in [0.15, 0.2) is 39.6 Å². The van der Waals surface area contributed by atoms with Crippen molar-refractivity contribution in [3.05, 3.63) is 42.0 Å². The second-order valence-electron chi connectivity index (χ2n) is 5.15. The topological polar surface area (TPSA) is 107 Å². The van der Waals surface area contributed by atoms with Gasteiger partial charge in [0.05, 0.1) is 5.56 Å². The molecule has 8 nitrogen and oxygen atoms in total. The quantitative estimate of drug-likeness (QED) is 0.717. The first-order chi connectivity index (χ1) is 11.6. The van der Waals surface area contributed by atoms with Crippen LogP contribution in [-0.4, -0.2) is 28.1 Å². The lowest BCUT2D eigenvalue weighted by atomic mass is 10.2. The number of carbonyl (C=O) groups is 2. The Kier molecular flexibility index (Phi) is 4.28. The van der Waals surface area contributed by atoms with Gasteiger partial charge in [0.2, 0.25) is 0 Å². The molecule has 0 bridgehead atoms. The van der Waals surface area contributed by atoms with Crippen LogP contribution in [0.5, 0.6) is 0 Å². The molecule has 1 amide bonds. The van der Waals surface area contributed by atoms with E-state index < -0.39 is 18.0 Å². The lowest BCUT2D eigenvalue weighted by molar-refractivity contribution is -0.124. The second kappa shape index (κ2) is 6.53. The van der Waals surface area contributed by atoms with Gasteiger partial charge in [-0.2, -0.15) is 0 Å². The van der Waals surface area contributed by atoms with Gasteiger partial charge in [-0.1, -0.05) is 12.1 Å². The van der Waals surface area contributed by atoms with Crippen molar-refractivity contribution in [1.29, 1.82) is 0 Å². The van der Waals surface area contributed by atoms with Crippen LogP contribution in [0.4, 0.5) is 5.82 Å². The van der Waals surface area contributed by atoms with E-state index in [1.807, 2.05) is 0 Å². The Morgan fingerprint density at radius 1 is 1.33 bits per heavy atom. The van der Waals surface area contributed by atoms with E-state index in [9.17, 15) is 9.59 Å². The van der Waals surface area contributed by atoms with Gasteiger partial charge in [0, 0.05) is 6.07 Å². The third-order valence-corrected chi connectivity index (χ3v) is 3.36. The van der Waals surface area contributed by atoms with Crippen molar-refractivity contribution >= 4 is 28.8 Å². The Morgan fingerprint density at radius 3 is 2.88 bits per heavy atom. The molecule has 0 radical (unpaired) electrons. The Bertz CT molecular complexity index is 883. The Labute approximate surface area is 136 Å². The lowest BCUT2D eigenvalue weighted by Crippen LogP contribution is -2.32. The highest BCUT2D eigenvalue weighted by molar-refractivity contribution is 5.98. The number of carbonyl (C=O) groups excluding carboxylic acids is 2. The van der Waals surface area contributed by atoms with Gasteiger partial charge in [0.25, 0.3) is 5.91 Å². The van der Waals surface area contributed by atoms with Gasteiger partial charge in [0.15, 0.2) is 23.9 Å². The maximum Gasteiger partial charge on any atom is 0.339 e. The maximum atomic E-state index is 12.2. The largest absolute Gasteiger partial charge is 0.449 e. The summed E-state index contributed by atoms with van der Waals surface area (Å²) in [7, 11) is 0. The fourth-order valence-corrected chi connectivity index (χ4v) is 2.13. The SMILES string of the molecule is CCC(OC(=O)c1ccc2ncoc2c1)C(=O)Nc1cc(C)on1. The number of anilines is 1. The van der Waals surface area contributed by atoms with Crippen LogP contribution in [0.25, 0.3) is 11.1 Å². The molecule has 3 rings (SSSR count). The van der Waals surface area contributed by atoms with Crippen LogP contribution in [0.3, 0.4) is 0 Å². The first-order valence-corrected chi connectivity index (χ1v) is 7.35. The number of rotatable bonds is 5. The summed E-state index contributed by atoms with van der Waals surface area (Å²) in [6.07, 6.45) is 0.668. The third kappa shape index (κ3) is 3.27. The first kappa shape index (κ1) is 15.7. The van der Waals surface area contributed by atoms with E-state index in [4.69, 9.17) is 13.7 Å². The molecule has 2 heterocycles. The zero-order chi connectivity index (χ0) is 17.1. The van der Waals surface area contributed by atoms with Crippen LogP contribution in [-0.2, 0) is 9.53 Å². The van der Waals surface area contributed by atoms with Crippen molar-refractivity contribution in [3.63, 3.8) is 0 Å². The number of fused-ring (bicyclic) bond motifs is 1. The number of benzene rings is 1. The molecule has 0 aliphatic heterocycles. The summed E-state index contributed by atoms with van der Waals surface area (Å²) in [5, 5.41) is 6.22. The number of nitrogens with one attached hydrogen (secondary N) is 1. The number of hydrogen-bond donors (Lipinski definition) is 1. The van der Waals surface area contributed by atoms with Gasteiger partial charge < -0.3 is 19.0 Å². The minimum absolute atomic E-state index is 0.273. The van der Waals surface area contributed by atoms with Crippen LogP contribution in [0.1, 0.15) is 29.5 Å². The molecule has 1 unspecified atom stereocenters. The fourth-order valence-electron chi connectivity index (χ4n) is 2.13. The molecule has 124 valence electrons. The standard InChI is InChI=1S/C16H15N3O5/c1-3-12(15(20)18-14-6-9(2)24-19-14)23-16(21)10-4-5-11-13(7-10)22-8-17-11/h4-8,12H,3H2,1-2H3,(H,18,19,20). The van der Waals surface area contributed by atoms with Crippen molar-refractivity contribution in [1.82, 2.24) is 10.1 Å². The van der Waals surface area contributed by atoms with Crippen molar-refractivity contribution in [2.45, 2.75) is 26.4 Å². The molecule has 1 N–H and O–H groups in total. The number of esters is 1. The van der Waals surface area contributed by atoms with Gasteiger partial charge in [-0.3, -0.25) is 4.79 Å². The van der Waals surface area contributed by atoms with Gasteiger partial charge in [-0.15, -0.1) is 0 Å². The van der Waals surface area contributed by atoms with Crippen molar-refractivity contribution in [3.8, 4) is 0 Å². The molecule has 0 spiro atoms. The fraction of sp³-hybridized carbons (Fsp3) is 0.250. The minimum atomic E-state index is -0.945. The number of nitrogens with zero attached hydrogens (tertiary/aromatic N) is 2. The minimum Gasteiger partial charge on any atom is -0.449 e. The number of ether oxygens (including phenoxy) is 1. The van der Waals surface area contributed by atoms with E-state index in [1.165, 1.54) is 12.5 Å². The first-order valence-electron chi connectivity index (χ1n) is 7.35. The number of aromatic nitrogens is 2. The molecule has 24 heavy (non-hydrogen) atoms. The zero-order valence-corrected chi connectivity index (χ0v) is 13.1. The lowest BCUT2D eigenvalue weighted by Gasteiger charge is -2.15. The van der Waals surface area contributed by atoms with Gasteiger partial charge >= 0.3 is 5.97 Å². The third-order valence-electron chi connectivity index (χ3n) is 3.36. The monoisotopic (exact) mass is 329 g/mol. The molecule has 0 aliphatic carbocycles. The van der Waals surface area contributed by atoms with Crippen LogP contribution < -0.4 is 5.32 Å². The summed E-state index contributed by atoms with van der Waals surface area (Å²) < 4.78 is 15.3. The molecule has 0 saturated heterocycles. The predicted molar refractivity (Wildman–Crippen MR) is 83.4 cm³/mol. The molecular formula is C16H15N3O5. The Hall–Kier alpha value is -3.16. The van der Waals surface area contributed by atoms with E-state index in [1.54, 1.807) is 32.0 Å². The van der Waals surface area contributed by atoms with Crippen LogP contribution in [0, 0.1) is 6.92 Å². The summed E-state index contributed by atoms with van der Waals surface area (Å²) in [5.74, 6) is -0.252. The average Bonchev–Trinajstić information content (AvgIpc) is 3.20. The second-order valence-corrected chi connectivity index (χ2v) is 5.15. The summed E-state index contributed by atoms with van der Waals surface area (Å²) in [6.45, 7) is 3.45. The van der Waals surface area contributed by atoms with E-state index in [0.29, 0.717) is 23.3 Å². The molecule has 8 heteroatoms. The molecule has 2 aromatic heterocycles. The number of oxazole rings is 1. The van der Waals surface area contributed by atoms with Crippen molar-refractivity contribution in [2.75, 3.05) is 5.32 Å². The number of amides is 1. The molecule has 0 saturated carbocycles. The predicted octanol–water partition coefficient (Wildman–Crippen LogP) is 2.70. The highest BCUT2D eigenvalue weighted by atomic mass is 16.5. The average molecular weight is 329 g/mol. The Morgan fingerprint density at radius 2 is 2.17 bits per heavy atom. The summed E-state index contributed by atoms with van der Waals surface area (Å²) in [4.78, 5) is 28.4. The smallest absolute Gasteiger partial charge is 0.339 e. The molecule has 1 aromatic carbocycles. The van der Waals surface area contributed by atoms with Crippen molar-refractivity contribution in [2.24, 2.45) is 0 Å². The number of aryl methyl sites for hydroxylation is 1.